The zero-order valence-electron chi connectivity index (χ0n) is 26.9. The van der Waals surface area contributed by atoms with Crippen molar-refractivity contribution in [2.45, 2.75) is 91.2 Å². The molecule has 0 rings (SSSR count). The number of hydrogen-bond donors (Lipinski definition) is 7. The quantitative estimate of drug-likeness (QED) is 0.118. The third-order valence-corrected chi connectivity index (χ3v) is 2.39. The van der Waals surface area contributed by atoms with Crippen molar-refractivity contribution in [1.82, 2.24) is 0 Å². The summed E-state index contributed by atoms with van der Waals surface area (Å²) in [6.45, 7) is 7.94. The summed E-state index contributed by atoms with van der Waals surface area (Å²) in [5.74, 6) is -10.0. The van der Waals surface area contributed by atoms with E-state index in [0.717, 1.165) is 48.5 Å². The Morgan fingerprint density at radius 1 is 0.304 bits per heavy atom. The van der Waals surface area contributed by atoms with Crippen molar-refractivity contribution in [2.24, 2.45) is 0 Å². The smallest absolute Gasteiger partial charge is 0.547 e. The van der Waals surface area contributed by atoms with Gasteiger partial charge in [0.15, 0.2) is 0 Å². The maximum atomic E-state index is 9.34. The summed E-state index contributed by atoms with van der Waals surface area (Å²) in [4.78, 5) is 65.4. The molecule has 0 aliphatic rings. The predicted molar refractivity (Wildman–Crippen MR) is 117 cm³/mol. The van der Waals surface area contributed by atoms with Crippen LogP contribution in [0.4, 0.5) is 0 Å². The van der Waals surface area contributed by atoms with Crippen molar-refractivity contribution in [3.63, 3.8) is 0 Å². The molecule has 0 spiro atoms. The van der Waals surface area contributed by atoms with Gasteiger partial charge in [0, 0.05) is 0 Å². The molecular weight excluding hydrogens is 748 g/mol. The first-order chi connectivity index (χ1) is 18.5. The van der Waals surface area contributed by atoms with Crippen LogP contribution in [-0.2, 0) is 59.8 Å². The zero-order valence-corrected chi connectivity index (χ0v) is 35.3. The molecule has 7 unspecified atom stereocenters. The molecule has 46 heavy (non-hydrogen) atoms. The van der Waals surface area contributed by atoms with E-state index in [4.69, 9.17) is 35.7 Å². The maximum Gasteiger partial charge on any atom is 4.00 e. The number of aliphatic carboxylic acids is 7. The van der Waals surface area contributed by atoms with Crippen LogP contribution in [0.2, 0.25) is 0 Å². The number of hydrogen-bond acceptors (Lipinski definition) is 21. The van der Waals surface area contributed by atoms with Crippen LogP contribution in [0.3, 0.4) is 0 Å². The summed E-state index contributed by atoms with van der Waals surface area (Å²) in [7, 11) is 0. The van der Waals surface area contributed by atoms with E-state index in [9.17, 15) is 69.3 Å². The van der Waals surface area contributed by atoms with Crippen molar-refractivity contribution in [2.75, 3.05) is 0 Å². The zero-order chi connectivity index (χ0) is 36.1. The van der Waals surface area contributed by atoms with Gasteiger partial charge in [-0.25, -0.2) is 0 Å². The molecule has 7 N–H and O–H groups in total. The number of carboxylic acids is 7. The normalized spacial score (nSPS) is 12.5. The largest absolute Gasteiger partial charge is 4.00 e. The van der Waals surface area contributed by atoms with E-state index in [0.29, 0.717) is 0 Å². The van der Waals surface area contributed by atoms with Crippen LogP contribution in [0, 0.1) is 0 Å². The Hall–Kier alpha value is -0.107. The summed E-state index contributed by atoms with van der Waals surface area (Å²) in [5, 5.41) is 121. The topological polar surface area (TPSA) is 423 Å². The van der Waals surface area contributed by atoms with Crippen LogP contribution in [0.5, 0.6) is 0 Å². The number of carboxylic acid groups (broad SMARTS) is 7. The molecule has 0 fully saturated rings. The Labute approximate surface area is 349 Å². The fourth-order valence-corrected chi connectivity index (χ4v) is 0. The van der Waals surface area contributed by atoms with Crippen LogP contribution in [0.25, 0.3) is 0 Å². The minimum atomic E-state index is -1.44. The van der Waals surface area contributed by atoms with E-state index in [-0.39, 0.29) is 115 Å². The number of carbonyl (C=O) groups excluding carboxylic acids is 7. The van der Waals surface area contributed by atoms with Crippen molar-refractivity contribution >= 4 is 41.8 Å². The number of rotatable bonds is 7. The Balaban J connectivity index is -0.0000000340. The average Bonchev–Trinajstić information content (AvgIpc) is 2.80. The molecule has 25 heteroatoms. The van der Waals surface area contributed by atoms with Gasteiger partial charge in [-0.15, -0.1) is 0 Å². The third kappa shape index (κ3) is 104. The molecule has 0 radical (unpaired) electrons. The first-order valence-electron chi connectivity index (χ1n) is 10.7. The van der Waals surface area contributed by atoms with Gasteiger partial charge in [-0.05, 0) is 48.5 Å². The minimum absolute atomic E-state index is 0. The molecule has 252 valence electrons. The average molecular weight is 784 g/mol. The van der Waals surface area contributed by atoms with Crippen LogP contribution < -0.4 is 124 Å². The first kappa shape index (κ1) is 76.0. The molecule has 0 aromatic heterocycles. The number of carbonyl (C=O) groups is 7. The van der Waals surface area contributed by atoms with E-state index in [1.807, 2.05) is 0 Å². The molecule has 0 aliphatic heterocycles. The molecular formula is C21H35Na3O21Zr. The molecule has 7 atom stereocenters. The summed E-state index contributed by atoms with van der Waals surface area (Å²) in [5.41, 5.74) is 0. The Morgan fingerprint density at radius 3 is 0.326 bits per heavy atom. The van der Waals surface area contributed by atoms with E-state index in [1.54, 1.807) is 0 Å². The van der Waals surface area contributed by atoms with Gasteiger partial charge in [-0.1, -0.05) is 0 Å². The number of aliphatic hydroxyl groups is 7. The standard InChI is InChI=1S/7C3H6O3.3Na.Zr/c7*1-2(4)3(5)6;;;;/h7*2,4H,1H3,(H,5,6);;;;/q;;;;;;;3*+1;+4/p-7. The molecule has 0 bridgehead atoms. The molecule has 0 heterocycles. The van der Waals surface area contributed by atoms with Crippen molar-refractivity contribution in [3.8, 4) is 0 Å². The molecule has 0 aromatic rings. The SMILES string of the molecule is CC(O)C(=O)[O-].CC(O)C(=O)[O-].CC(O)C(=O)[O-].CC(O)C(=O)[O-].CC(O)C(=O)[O-].CC(O)C(=O)[O-].CC(O)C(=O)[O-].[Na+].[Na+].[Na+].[Zr+4]. The number of aliphatic hydroxyl groups excluding tert-OH is 7. The second-order valence-corrected chi connectivity index (χ2v) is 6.97. The van der Waals surface area contributed by atoms with Gasteiger partial charge in [-0.3, -0.25) is 0 Å². The Kier molecular flexibility index (Phi) is 81.4. The van der Waals surface area contributed by atoms with Gasteiger partial charge < -0.3 is 105 Å². The second kappa shape index (κ2) is 49.3. The molecule has 0 amide bonds. The van der Waals surface area contributed by atoms with E-state index >= 15 is 0 Å². The van der Waals surface area contributed by atoms with Crippen molar-refractivity contribution < 1.29 is 220 Å². The van der Waals surface area contributed by atoms with Crippen molar-refractivity contribution in [1.29, 1.82) is 0 Å². The molecule has 0 saturated heterocycles. The summed E-state index contributed by atoms with van der Waals surface area (Å²) in [6, 6.07) is 0. The first-order valence-corrected chi connectivity index (χ1v) is 10.7. The monoisotopic (exact) mass is 782 g/mol. The van der Waals surface area contributed by atoms with E-state index < -0.39 is 84.5 Å². The summed E-state index contributed by atoms with van der Waals surface area (Å²) >= 11 is 0. The molecule has 21 nitrogen and oxygen atoms in total. The Morgan fingerprint density at radius 2 is 0.326 bits per heavy atom. The van der Waals surface area contributed by atoms with Gasteiger partial charge in [0.05, 0.1) is 84.5 Å². The fraction of sp³-hybridized carbons (Fsp3) is 0.667. The summed E-state index contributed by atoms with van der Waals surface area (Å²) < 4.78 is 0. The maximum absolute atomic E-state index is 9.34. The van der Waals surface area contributed by atoms with Crippen LogP contribution in [0.15, 0.2) is 0 Å². The van der Waals surface area contributed by atoms with Gasteiger partial charge in [0.25, 0.3) is 0 Å². The van der Waals surface area contributed by atoms with Gasteiger partial charge in [0.1, 0.15) is 0 Å². The fourth-order valence-electron chi connectivity index (χ4n) is 0. The van der Waals surface area contributed by atoms with Gasteiger partial charge >= 0.3 is 115 Å². The molecule has 0 aliphatic carbocycles. The molecule has 0 aromatic carbocycles. The van der Waals surface area contributed by atoms with Crippen molar-refractivity contribution in [3.05, 3.63) is 0 Å². The predicted octanol–water partition coefficient (Wildman–Crippen LogP) is -22.2. The van der Waals surface area contributed by atoms with E-state index in [1.165, 1.54) is 0 Å². The third-order valence-electron chi connectivity index (χ3n) is 2.39. The Bertz CT molecular complexity index is 599. The minimum Gasteiger partial charge on any atom is -0.547 e. The van der Waals surface area contributed by atoms with Crippen LogP contribution in [0.1, 0.15) is 48.5 Å². The van der Waals surface area contributed by atoms with Crippen LogP contribution in [-0.4, -0.2) is 120 Å². The van der Waals surface area contributed by atoms with Gasteiger partial charge in [-0.2, -0.15) is 0 Å². The van der Waals surface area contributed by atoms with E-state index in [2.05, 4.69) is 0 Å². The second-order valence-electron chi connectivity index (χ2n) is 6.97. The molecule has 0 saturated carbocycles. The summed E-state index contributed by atoms with van der Waals surface area (Å²) in [6.07, 6.45) is -9.40. The van der Waals surface area contributed by atoms with Crippen LogP contribution >= 0.6 is 0 Å². The van der Waals surface area contributed by atoms with Gasteiger partial charge in [0.2, 0.25) is 0 Å².